The third-order valence-electron chi connectivity index (χ3n) is 3.01. The lowest BCUT2D eigenvalue weighted by molar-refractivity contribution is -0.143. The lowest BCUT2D eigenvalue weighted by atomic mass is 10.0. The zero-order chi connectivity index (χ0) is 13.1. The van der Waals surface area contributed by atoms with Gasteiger partial charge >= 0.3 is 5.97 Å². The van der Waals surface area contributed by atoms with Gasteiger partial charge in [-0.1, -0.05) is 5.92 Å². The Labute approximate surface area is 109 Å². The van der Waals surface area contributed by atoms with E-state index in [-0.39, 0.29) is 5.91 Å². The van der Waals surface area contributed by atoms with E-state index in [1.807, 2.05) is 0 Å². The van der Waals surface area contributed by atoms with Crippen LogP contribution in [0.4, 0.5) is 0 Å². The van der Waals surface area contributed by atoms with E-state index in [4.69, 9.17) is 11.5 Å². The first kappa shape index (κ1) is 12.7. The van der Waals surface area contributed by atoms with Crippen LogP contribution >= 0.6 is 11.3 Å². The molecule has 1 fully saturated rings. The van der Waals surface area contributed by atoms with Gasteiger partial charge in [0.25, 0.3) is 5.91 Å². The molecule has 4 nitrogen and oxygen atoms in total. The van der Waals surface area contributed by atoms with Crippen molar-refractivity contribution >= 4 is 23.2 Å². The summed E-state index contributed by atoms with van der Waals surface area (Å²) in [4.78, 5) is 26.0. The molecule has 1 N–H and O–H groups in total. The first-order valence-corrected chi connectivity index (χ1v) is 6.55. The van der Waals surface area contributed by atoms with Crippen molar-refractivity contribution in [2.75, 3.05) is 6.54 Å². The van der Waals surface area contributed by atoms with Crippen LogP contribution in [0, 0.1) is 12.3 Å². The van der Waals surface area contributed by atoms with Crippen molar-refractivity contribution in [2.24, 2.45) is 0 Å². The summed E-state index contributed by atoms with van der Waals surface area (Å²) >= 11 is 1.23. The van der Waals surface area contributed by atoms with Gasteiger partial charge in [-0.15, -0.1) is 17.8 Å². The standard InChI is InChI=1S/C13H13NO3S/c1-2-9-6-7-11(18-9)12(15)14-8-4-3-5-10(14)13(16)17/h1,6-7,10H,3-5,8H2,(H,16,17). The fourth-order valence-electron chi connectivity index (χ4n) is 2.10. The first-order valence-electron chi connectivity index (χ1n) is 5.73. The van der Waals surface area contributed by atoms with Gasteiger partial charge in [-0.25, -0.2) is 4.79 Å². The normalized spacial score (nSPS) is 19.3. The third-order valence-corrected chi connectivity index (χ3v) is 4.01. The summed E-state index contributed by atoms with van der Waals surface area (Å²) in [5.41, 5.74) is 0. The van der Waals surface area contributed by atoms with Gasteiger partial charge < -0.3 is 10.0 Å². The average Bonchev–Trinajstić information content (AvgIpc) is 2.86. The Bertz CT molecular complexity index is 515. The lowest BCUT2D eigenvalue weighted by Crippen LogP contribution is -2.47. The average molecular weight is 263 g/mol. The number of carboxylic acid groups (broad SMARTS) is 1. The van der Waals surface area contributed by atoms with Crippen LogP contribution in [0.25, 0.3) is 0 Å². The van der Waals surface area contributed by atoms with Crippen LogP contribution in [-0.2, 0) is 4.79 Å². The van der Waals surface area contributed by atoms with Crippen LogP contribution in [0.1, 0.15) is 33.8 Å². The number of amides is 1. The van der Waals surface area contributed by atoms with E-state index in [9.17, 15) is 9.59 Å². The molecule has 1 unspecified atom stereocenters. The van der Waals surface area contributed by atoms with E-state index < -0.39 is 12.0 Å². The minimum absolute atomic E-state index is 0.228. The van der Waals surface area contributed by atoms with Crippen LogP contribution in [0.3, 0.4) is 0 Å². The maximum atomic E-state index is 12.2. The number of thiophene rings is 1. The summed E-state index contributed by atoms with van der Waals surface area (Å²) < 4.78 is 0. The van der Waals surface area contributed by atoms with E-state index in [0.717, 1.165) is 12.8 Å². The summed E-state index contributed by atoms with van der Waals surface area (Å²) in [7, 11) is 0. The second-order valence-corrected chi connectivity index (χ2v) is 5.24. The number of likely N-dealkylation sites (tertiary alicyclic amines) is 1. The highest BCUT2D eigenvalue weighted by molar-refractivity contribution is 7.14. The highest BCUT2D eigenvalue weighted by Crippen LogP contribution is 2.23. The summed E-state index contributed by atoms with van der Waals surface area (Å²) in [5, 5.41) is 9.13. The smallest absolute Gasteiger partial charge is 0.326 e. The molecule has 18 heavy (non-hydrogen) atoms. The van der Waals surface area contributed by atoms with Crippen molar-refractivity contribution in [3.05, 3.63) is 21.9 Å². The number of piperidine rings is 1. The number of carboxylic acids is 1. The Morgan fingerprint density at radius 3 is 2.83 bits per heavy atom. The van der Waals surface area contributed by atoms with E-state index in [0.29, 0.717) is 22.7 Å². The summed E-state index contributed by atoms with van der Waals surface area (Å²) in [6, 6.07) is 2.66. The molecule has 1 aliphatic heterocycles. The van der Waals surface area contributed by atoms with Crippen molar-refractivity contribution < 1.29 is 14.7 Å². The van der Waals surface area contributed by atoms with Gasteiger partial charge in [0.05, 0.1) is 9.75 Å². The van der Waals surface area contributed by atoms with E-state index in [2.05, 4.69) is 5.92 Å². The predicted molar refractivity (Wildman–Crippen MR) is 68.6 cm³/mol. The minimum atomic E-state index is -0.934. The van der Waals surface area contributed by atoms with Crippen molar-refractivity contribution in [3.8, 4) is 12.3 Å². The summed E-state index contributed by atoms with van der Waals surface area (Å²) in [6.45, 7) is 0.499. The maximum absolute atomic E-state index is 12.2. The number of hydrogen-bond acceptors (Lipinski definition) is 3. The number of terminal acetylenes is 1. The minimum Gasteiger partial charge on any atom is -0.480 e. The molecule has 94 valence electrons. The molecule has 0 saturated carbocycles. The molecule has 1 amide bonds. The number of hydrogen-bond donors (Lipinski definition) is 1. The molecule has 1 aromatic heterocycles. The Kier molecular flexibility index (Phi) is 3.68. The number of aliphatic carboxylic acids is 1. The largest absolute Gasteiger partial charge is 0.480 e. The summed E-state index contributed by atoms with van der Waals surface area (Å²) in [6.07, 6.45) is 7.48. The molecule has 2 rings (SSSR count). The third kappa shape index (κ3) is 2.39. The zero-order valence-corrected chi connectivity index (χ0v) is 10.6. The van der Waals surface area contributed by atoms with Crippen LogP contribution in [0.2, 0.25) is 0 Å². The molecule has 1 aliphatic rings. The molecule has 0 aliphatic carbocycles. The second kappa shape index (κ2) is 5.23. The highest BCUT2D eigenvalue weighted by atomic mass is 32.1. The molecule has 2 heterocycles. The first-order chi connectivity index (χ1) is 8.63. The molecule has 5 heteroatoms. The highest BCUT2D eigenvalue weighted by Gasteiger charge is 2.32. The molecule has 1 saturated heterocycles. The Morgan fingerprint density at radius 2 is 2.22 bits per heavy atom. The topological polar surface area (TPSA) is 57.6 Å². The SMILES string of the molecule is C#Cc1ccc(C(=O)N2CCCCC2C(=O)O)s1. The Balaban J connectivity index is 2.21. The van der Waals surface area contributed by atoms with Crippen LogP contribution in [0.15, 0.2) is 12.1 Å². The van der Waals surface area contributed by atoms with Gasteiger partial charge in [-0.05, 0) is 31.4 Å². The fourth-order valence-corrected chi connectivity index (χ4v) is 2.88. The molecule has 0 spiro atoms. The second-order valence-electron chi connectivity index (χ2n) is 4.16. The molecule has 1 atom stereocenters. The van der Waals surface area contributed by atoms with Crippen LogP contribution in [-0.4, -0.2) is 34.5 Å². The predicted octanol–water partition coefficient (Wildman–Crippen LogP) is 1.81. The number of rotatable bonds is 2. The lowest BCUT2D eigenvalue weighted by Gasteiger charge is -2.32. The molecule has 0 bridgehead atoms. The van der Waals surface area contributed by atoms with Gasteiger partial charge in [0.2, 0.25) is 0 Å². The number of carbonyl (C=O) groups is 2. The number of carbonyl (C=O) groups excluding carboxylic acids is 1. The summed E-state index contributed by atoms with van der Waals surface area (Å²) in [5.74, 6) is 1.31. The van der Waals surface area contributed by atoms with E-state index in [1.165, 1.54) is 16.2 Å². The van der Waals surface area contributed by atoms with E-state index >= 15 is 0 Å². The van der Waals surface area contributed by atoms with E-state index in [1.54, 1.807) is 12.1 Å². The molecular weight excluding hydrogens is 250 g/mol. The van der Waals surface area contributed by atoms with Crippen LogP contribution in [0.5, 0.6) is 0 Å². The van der Waals surface area contributed by atoms with Gasteiger partial charge in [-0.2, -0.15) is 0 Å². The Morgan fingerprint density at radius 1 is 1.44 bits per heavy atom. The van der Waals surface area contributed by atoms with Crippen LogP contribution < -0.4 is 0 Å². The zero-order valence-electron chi connectivity index (χ0n) is 9.76. The van der Waals surface area contributed by atoms with Gasteiger partial charge in [0.1, 0.15) is 6.04 Å². The van der Waals surface area contributed by atoms with Gasteiger partial charge in [0, 0.05) is 6.54 Å². The van der Waals surface area contributed by atoms with Gasteiger partial charge in [-0.3, -0.25) is 4.79 Å². The maximum Gasteiger partial charge on any atom is 0.326 e. The van der Waals surface area contributed by atoms with Crippen molar-refractivity contribution in [2.45, 2.75) is 25.3 Å². The van der Waals surface area contributed by atoms with Crippen molar-refractivity contribution in [1.29, 1.82) is 0 Å². The molecular formula is C13H13NO3S. The molecule has 0 aromatic carbocycles. The number of nitrogens with zero attached hydrogens (tertiary/aromatic N) is 1. The quantitative estimate of drug-likeness (QED) is 0.828. The van der Waals surface area contributed by atoms with Gasteiger partial charge in [0.15, 0.2) is 0 Å². The van der Waals surface area contributed by atoms with Crippen molar-refractivity contribution in [3.63, 3.8) is 0 Å². The van der Waals surface area contributed by atoms with Crippen molar-refractivity contribution in [1.82, 2.24) is 4.90 Å². The molecule has 0 radical (unpaired) electrons. The Hall–Kier alpha value is -1.80. The molecule has 1 aromatic rings. The fraction of sp³-hybridized carbons (Fsp3) is 0.385. The monoisotopic (exact) mass is 263 g/mol.